The second-order valence-electron chi connectivity index (χ2n) is 8.95. The number of likely N-dealkylation sites (tertiary alicyclic amines) is 1. The fourth-order valence-corrected chi connectivity index (χ4v) is 5.87. The SMILES string of the molecule is CCc1nc(CC(=O)N2CCC(n3ncc4c3CN(C(=O)c3c(N)cc(F)cc3Cl)C4)CC2)cs1. The van der Waals surface area contributed by atoms with Crippen molar-refractivity contribution in [2.75, 3.05) is 18.8 Å². The van der Waals surface area contributed by atoms with E-state index in [1.54, 1.807) is 22.4 Å². The molecule has 11 heteroatoms. The Balaban J connectivity index is 1.22. The summed E-state index contributed by atoms with van der Waals surface area (Å²) in [5.74, 6) is -0.803. The maximum atomic E-state index is 13.5. The van der Waals surface area contributed by atoms with E-state index in [-0.39, 0.29) is 34.1 Å². The van der Waals surface area contributed by atoms with Crippen LogP contribution in [0.2, 0.25) is 5.02 Å². The first-order chi connectivity index (χ1) is 16.8. The number of thiazole rings is 1. The van der Waals surface area contributed by atoms with Crippen LogP contribution in [0.15, 0.2) is 23.7 Å². The number of fused-ring (bicyclic) bond motifs is 1. The molecule has 0 saturated carbocycles. The summed E-state index contributed by atoms with van der Waals surface area (Å²) in [5, 5.41) is 7.62. The van der Waals surface area contributed by atoms with Crippen LogP contribution in [0, 0.1) is 5.82 Å². The maximum absolute atomic E-state index is 13.5. The predicted octanol–water partition coefficient (Wildman–Crippen LogP) is 3.84. The third-order valence-corrected chi connectivity index (χ3v) is 8.01. The number of aromatic nitrogens is 3. The zero-order valence-electron chi connectivity index (χ0n) is 19.3. The van der Waals surface area contributed by atoms with Gasteiger partial charge in [-0.3, -0.25) is 14.3 Å². The monoisotopic (exact) mass is 516 g/mol. The summed E-state index contributed by atoms with van der Waals surface area (Å²) >= 11 is 7.72. The fourth-order valence-electron chi connectivity index (χ4n) is 4.83. The van der Waals surface area contributed by atoms with Crippen molar-refractivity contribution in [2.45, 2.75) is 51.7 Å². The number of carbonyl (C=O) groups excluding carboxylic acids is 2. The van der Waals surface area contributed by atoms with Crippen LogP contribution in [0.25, 0.3) is 0 Å². The summed E-state index contributed by atoms with van der Waals surface area (Å²) in [4.78, 5) is 33.9. The van der Waals surface area contributed by atoms with Gasteiger partial charge in [-0.15, -0.1) is 11.3 Å². The Hall–Kier alpha value is -2.98. The number of hydrogen-bond donors (Lipinski definition) is 1. The molecule has 0 atom stereocenters. The van der Waals surface area contributed by atoms with Crippen LogP contribution in [-0.2, 0) is 30.7 Å². The van der Waals surface area contributed by atoms with Crippen molar-refractivity contribution in [2.24, 2.45) is 0 Å². The number of piperidine rings is 1. The number of amides is 2. The minimum atomic E-state index is -0.577. The van der Waals surface area contributed by atoms with Gasteiger partial charge in [-0.1, -0.05) is 18.5 Å². The molecule has 2 amide bonds. The van der Waals surface area contributed by atoms with Crippen molar-refractivity contribution in [3.63, 3.8) is 0 Å². The number of halogens is 2. The largest absolute Gasteiger partial charge is 0.398 e. The zero-order chi connectivity index (χ0) is 24.7. The summed E-state index contributed by atoms with van der Waals surface area (Å²) in [6, 6.07) is 2.36. The van der Waals surface area contributed by atoms with Gasteiger partial charge >= 0.3 is 0 Å². The van der Waals surface area contributed by atoms with Crippen molar-refractivity contribution in [3.05, 3.63) is 62.1 Å². The Morgan fingerprint density at radius 3 is 2.69 bits per heavy atom. The molecular formula is C24H26ClFN6O2S. The summed E-state index contributed by atoms with van der Waals surface area (Å²) in [6.45, 7) is 4.15. The lowest BCUT2D eigenvalue weighted by molar-refractivity contribution is -0.131. The minimum Gasteiger partial charge on any atom is -0.398 e. The molecule has 1 aromatic carbocycles. The van der Waals surface area contributed by atoms with Crippen molar-refractivity contribution in [1.29, 1.82) is 0 Å². The number of nitrogens with zero attached hydrogens (tertiary/aromatic N) is 5. The van der Waals surface area contributed by atoms with Gasteiger partial charge in [0, 0.05) is 36.3 Å². The van der Waals surface area contributed by atoms with Gasteiger partial charge in [0.25, 0.3) is 5.91 Å². The van der Waals surface area contributed by atoms with E-state index >= 15 is 0 Å². The number of rotatable bonds is 5. The molecule has 0 aliphatic carbocycles. The average Bonchev–Trinajstić information content (AvgIpc) is 3.54. The van der Waals surface area contributed by atoms with Gasteiger partial charge < -0.3 is 15.5 Å². The van der Waals surface area contributed by atoms with Crippen LogP contribution in [0.1, 0.15) is 58.1 Å². The summed E-state index contributed by atoms with van der Waals surface area (Å²) in [5.41, 5.74) is 8.83. The van der Waals surface area contributed by atoms with Crippen molar-refractivity contribution < 1.29 is 14.0 Å². The van der Waals surface area contributed by atoms with Gasteiger partial charge in [-0.25, -0.2) is 9.37 Å². The number of nitrogen functional groups attached to an aromatic ring is 1. The first kappa shape index (κ1) is 23.7. The van der Waals surface area contributed by atoms with Gasteiger partial charge in [-0.2, -0.15) is 5.10 Å². The molecule has 0 bridgehead atoms. The average molecular weight is 517 g/mol. The molecule has 2 aliphatic heterocycles. The molecular weight excluding hydrogens is 491 g/mol. The standard InChI is InChI=1S/C24H26ClFN6O2S/c1-2-21-29-16(13-35-21)9-22(33)30-5-3-17(4-6-30)32-20-12-31(11-14(20)10-28-32)24(34)23-18(25)7-15(26)8-19(23)27/h7-8,10,13,17H,2-6,9,11-12,27H2,1H3. The lowest BCUT2D eigenvalue weighted by atomic mass is 10.0. The van der Waals surface area contributed by atoms with E-state index in [1.807, 2.05) is 15.0 Å². The lowest BCUT2D eigenvalue weighted by Gasteiger charge is -2.32. The molecule has 8 nitrogen and oxygen atoms in total. The molecule has 4 heterocycles. The third kappa shape index (κ3) is 4.64. The van der Waals surface area contributed by atoms with Gasteiger partial charge in [0.2, 0.25) is 5.91 Å². The van der Waals surface area contributed by atoms with Crippen LogP contribution in [-0.4, -0.2) is 49.5 Å². The van der Waals surface area contributed by atoms with Crippen molar-refractivity contribution in [3.8, 4) is 0 Å². The van der Waals surface area contributed by atoms with E-state index in [2.05, 4.69) is 17.0 Å². The summed E-state index contributed by atoms with van der Waals surface area (Å²) < 4.78 is 15.5. The van der Waals surface area contributed by atoms with Crippen LogP contribution >= 0.6 is 22.9 Å². The molecule has 184 valence electrons. The van der Waals surface area contributed by atoms with E-state index in [1.165, 1.54) is 0 Å². The second-order valence-corrected chi connectivity index (χ2v) is 10.3. The number of anilines is 1. The Bertz CT molecular complexity index is 1260. The number of aryl methyl sites for hydroxylation is 1. The summed E-state index contributed by atoms with van der Waals surface area (Å²) in [6.07, 6.45) is 4.60. The first-order valence-electron chi connectivity index (χ1n) is 11.6. The molecule has 5 rings (SSSR count). The molecule has 2 aliphatic rings. The van der Waals surface area contributed by atoms with Crippen LogP contribution in [0.4, 0.5) is 10.1 Å². The first-order valence-corrected chi connectivity index (χ1v) is 12.9. The van der Waals surface area contributed by atoms with E-state index in [0.717, 1.165) is 53.4 Å². The number of nitrogens with two attached hydrogens (primary N) is 1. The van der Waals surface area contributed by atoms with E-state index in [4.69, 9.17) is 17.3 Å². The molecule has 3 aromatic rings. The van der Waals surface area contributed by atoms with Gasteiger partial charge in [0.05, 0.1) is 52.2 Å². The molecule has 2 N–H and O–H groups in total. The van der Waals surface area contributed by atoms with Crippen LogP contribution in [0.5, 0.6) is 0 Å². The van der Waals surface area contributed by atoms with Crippen molar-refractivity contribution >= 4 is 40.4 Å². The Labute approximate surface area is 211 Å². The van der Waals surface area contributed by atoms with E-state index in [0.29, 0.717) is 32.6 Å². The highest BCUT2D eigenvalue weighted by Gasteiger charge is 2.33. The molecule has 1 fully saturated rings. The predicted molar refractivity (Wildman–Crippen MR) is 132 cm³/mol. The number of benzene rings is 1. The normalized spacial score (nSPS) is 16.1. The molecule has 0 unspecified atom stereocenters. The molecule has 0 spiro atoms. The lowest BCUT2D eigenvalue weighted by Crippen LogP contribution is -2.40. The second kappa shape index (κ2) is 9.58. The van der Waals surface area contributed by atoms with Gasteiger partial charge in [-0.05, 0) is 31.4 Å². The highest BCUT2D eigenvalue weighted by atomic mass is 35.5. The summed E-state index contributed by atoms with van der Waals surface area (Å²) in [7, 11) is 0. The maximum Gasteiger partial charge on any atom is 0.258 e. The molecule has 0 radical (unpaired) electrons. The quantitative estimate of drug-likeness (QED) is 0.520. The Morgan fingerprint density at radius 2 is 2.00 bits per heavy atom. The number of hydrogen-bond acceptors (Lipinski definition) is 6. The number of carbonyl (C=O) groups is 2. The molecule has 35 heavy (non-hydrogen) atoms. The Morgan fingerprint density at radius 1 is 1.23 bits per heavy atom. The Kier molecular flexibility index (Phi) is 6.50. The molecule has 2 aromatic heterocycles. The topological polar surface area (TPSA) is 97.4 Å². The molecule has 1 saturated heterocycles. The van der Waals surface area contributed by atoms with Crippen molar-refractivity contribution in [1.82, 2.24) is 24.6 Å². The van der Waals surface area contributed by atoms with E-state index < -0.39 is 5.82 Å². The smallest absolute Gasteiger partial charge is 0.258 e. The fraction of sp³-hybridized carbons (Fsp3) is 0.417. The van der Waals surface area contributed by atoms with Gasteiger partial charge in [0.1, 0.15) is 5.82 Å². The van der Waals surface area contributed by atoms with Crippen LogP contribution in [0.3, 0.4) is 0 Å². The van der Waals surface area contributed by atoms with Crippen LogP contribution < -0.4 is 5.73 Å². The van der Waals surface area contributed by atoms with Gasteiger partial charge in [0.15, 0.2) is 0 Å². The third-order valence-electron chi connectivity index (χ3n) is 6.67. The van der Waals surface area contributed by atoms with E-state index in [9.17, 15) is 14.0 Å². The minimum absolute atomic E-state index is 0.00527. The zero-order valence-corrected chi connectivity index (χ0v) is 20.9. The highest BCUT2D eigenvalue weighted by Crippen LogP contribution is 2.33. The highest BCUT2D eigenvalue weighted by molar-refractivity contribution is 7.09.